The molecule has 8 heteroatoms. The van der Waals surface area contributed by atoms with Crippen molar-refractivity contribution in [3.05, 3.63) is 28.5 Å². The van der Waals surface area contributed by atoms with Gasteiger partial charge in [0.05, 0.1) is 4.47 Å². The number of nitrogens with one attached hydrogen (secondary N) is 2. The highest BCUT2D eigenvalue weighted by atomic mass is 79.9. The zero-order chi connectivity index (χ0) is 14.6. The van der Waals surface area contributed by atoms with Crippen LogP contribution in [0.5, 0.6) is 0 Å². The molecule has 2 N–H and O–H groups in total. The summed E-state index contributed by atoms with van der Waals surface area (Å²) < 4.78 is 40.5. The molecule has 0 bridgehead atoms. The number of rotatable bonds is 5. The maximum Gasteiger partial charge on any atom is 0.243 e. The lowest BCUT2D eigenvalue weighted by molar-refractivity contribution is 0.358. The second-order valence-corrected chi connectivity index (χ2v) is 7.54. The van der Waals surface area contributed by atoms with Gasteiger partial charge in [-0.25, -0.2) is 17.5 Å². The van der Waals surface area contributed by atoms with E-state index in [0.717, 1.165) is 32.4 Å². The van der Waals surface area contributed by atoms with Crippen LogP contribution >= 0.6 is 28.3 Å². The molecular weight excluding hydrogens is 383 g/mol. The molecular formula is C13H19BrClFN2O2S. The molecule has 0 amide bonds. The van der Waals surface area contributed by atoms with Gasteiger partial charge >= 0.3 is 0 Å². The molecule has 1 aliphatic heterocycles. The topological polar surface area (TPSA) is 58.2 Å². The maximum atomic E-state index is 13.8. The van der Waals surface area contributed by atoms with Gasteiger partial charge in [-0.05, 0) is 66.3 Å². The SMILES string of the molecule is Cl.O=S(=O)(NCCC1CCCNC1)c1cccc(Br)c1F. The first-order valence-corrected chi connectivity index (χ1v) is 8.93. The van der Waals surface area contributed by atoms with E-state index in [0.29, 0.717) is 12.5 Å². The lowest BCUT2D eigenvalue weighted by atomic mass is 9.96. The molecule has 0 aliphatic carbocycles. The third kappa shape index (κ3) is 5.17. The zero-order valence-corrected chi connectivity index (χ0v) is 14.7. The monoisotopic (exact) mass is 400 g/mol. The van der Waals surface area contributed by atoms with Gasteiger partial charge in [0, 0.05) is 6.54 Å². The first-order valence-electron chi connectivity index (χ1n) is 6.65. The highest BCUT2D eigenvalue weighted by Crippen LogP contribution is 2.22. The Balaban J connectivity index is 0.00000220. The minimum Gasteiger partial charge on any atom is -0.316 e. The predicted molar refractivity (Wildman–Crippen MR) is 86.7 cm³/mol. The third-order valence-corrected chi connectivity index (χ3v) is 5.54. The van der Waals surface area contributed by atoms with Crippen molar-refractivity contribution in [1.29, 1.82) is 0 Å². The Labute approximate surface area is 139 Å². The molecule has 0 radical (unpaired) electrons. The third-order valence-electron chi connectivity index (χ3n) is 3.45. The van der Waals surface area contributed by atoms with Gasteiger partial charge in [0.2, 0.25) is 10.0 Å². The van der Waals surface area contributed by atoms with Gasteiger partial charge in [-0.2, -0.15) is 0 Å². The average Bonchev–Trinajstić information content (AvgIpc) is 2.42. The molecule has 4 nitrogen and oxygen atoms in total. The van der Waals surface area contributed by atoms with Gasteiger partial charge in [-0.3, -0.25) is 0 Å². The van der Waals surface area contributed by atoms with Crippen LogP contribution in [0.2, 0.25) is 0 Å². The van der Waals surface area contributed by atoms with E-state index in [4.69, 9.17) is 0 Å². The van der Waals surface area contributed by atoms with Crippen molar-refractivity contribution in [1.82, 2.24) is 10.0 Å². The van der Waals surface area contributed by atoms with Crippen molar-refractivity contribution < 1.29 is 12.8 Å². The molecule has 120 valence electrons. The van der Waals surface area contributed by atoms with Gasteiger partial charge in [0.15, 0.2) is 5.82 Å². The maximum absolute atomic E-state index is 13.8. The van der Waals surface area contributed by atoms with Crippen molar-refractivity contribution >= 4 is 38.4 Å². The van der Waals surface area contributed by atoms with Crippen LogP contribution < -0.4 is 10.0 Å². The summed E-state index contributed by atoms with van der Waals surface area (Å²) in [6, 6.07) is 4.25. The standard InChI is InChI=1S/C13H18BrFN2O2S.ClH/c14-11-4-1-5-12(13(11)15)20(18,19)17-8-6-10-3-2-7-16-9-10;/h1,4-5,10,16-17H,2-3,6-9H2;1H. The lowest BCUT2D eigenvalue weighted by Gasteiger charge is -2.22. The van der Waals surface area contributed by atoms with E-state index in [9.17, 15) is 12.8 Å². The molecule has 1 aromatic rings. The van der Waals surface area contributed by atoms with Gasteiger partial charge in [-0.1, -0.05) is 6.07 Å². The molecule has 0 saturated carbocycles. The Kier molecular flexibility index (Phi) is 7.56. The number of hydrogen-bond donors (Lipinski definition) is 2. The van der Waals surface area contributed by atoms with E-state index in [2.05, 4.69) is 26.0 Å². The zero-order valence-electron chi connectivity index (χ0n) is 11.4. The average molecular weight is 402 g/mol. The van der Waals surface area contributed by atoms with Crippen molar-refractivity contribution in [3.63, 3.8) is 0 Å². The first kappa shape index (κ1) is 18.8. The Morgan fingerprint density at radius 2 is 2.19 bits per heavy atom. The Hall–Kier alpha value is -0.210. The van der Waals surface area contributed by atoms with E-state index < -0.39 is 15.8 Å². The number of sulfonamides is 1. The Morgan fingerprint density at radius 3 is 2.86 bits per heavy atom. The van der Waals surface area contributed by atoms with Crippen molar-refractivity contribution in [2.75, 3.05) is 19.6 Å². The van der Waals surface area contributed by atoms with Crippen LogP contribution in [0.3, 0.4) is 0 Å². The van der Waals surface area contributed by atoms with E-state index in [1.807, 2.05) is 0 Å². The fourth-order valence-corrected chi connectivity index (χ4v) is 3.98. The molecule has 1 fully saturated rings. The summed E-state index contributed by atoms with van der Waals surface area (Å²) in [5.74, 6) is -0.266. The van der Waals surface area contributed by atoms with Gasteiger partial charge in [-0.15, -0.1) is 12.4 Å². The summed E-state index contributed by atoms with van der Waals surface area (Å²) >= 11 is 2.99. The molecule has 1 unspecified atom stereocenters. The normalized spacial score (nSPS) is 19.0. The van der Waals surface area contributed by atoms with Crippen LogP contribution in [-0.2, 0) is 10.0 Å². The summed E-state index contributed by atoms with van der Waals surface area (Å²) in [7, 11) is -3.79. The van der Waals surface area contributed by atoms with Gasteiger partial charge < -0.3 is 5.32 Å². The number of halogens is 3. The van der Waals surface area contributed by atoms with Crippen LogP contribution in [0.15, 0.2) is 27.6 Å². The predicted octanol–water partition coefficient (Wildman–Crippen LogP) is 2.68. The van der Waals surface area contributed by atoms with Crippen LogP contribution in [0.1, 0.15) is 19.3 Å². The van der Waals surface area contributed by atoms with E-state index in [1.54, 1.807) is 0 Å². The van der Waals surface area contributed by atoms with Crippen LogP contribution in [0.25, 0.3) is 0 Å². The summed E-state index contributed by atoms with van der Waals surface area (Å²) in [5.41, 5.74) is 0. The van der Waals surface area contributed by atoms with E-state index >= 15 is 0 Å². The largest absolute Gasteiger partial charge is 0.316 e. The fraction of sp³-hybridized carbons (Fsp3) is 0.538. The number of hydrogen-bond acceptors (Lipinski definition) is 3. The summed E-state index contributed by atoms with van der Waals surface area (Å²) in [4.78, 5) is -0.311. The van der Waals surface area contributed by atoms with Crippen molar-refractivity contribution in [3.8, 4) is 0 Å². The second kappa shape index (κ2) is 8.43. The molecule has 1 aliphatic rings. The van der Waals surface area contributed by atoms with E-state index in [1.165, 1.54) is 18.2 Å². The highest BCUT2D eigenvalue weighted by Gasteiger charge is 2.21. The lowest BCUT2D eigenvalue weighted by Crippen LogP contribution is -2.33. The van der Waals surface area contributed by atoms with E-state index in [-0.39, 0.29) is 21.8 Å². The Bertz CT molecular complexity index is 565. The summed E-state index contributed by atoms with van der Waals surface area (Å²) in [5, 5.41) is 3.29. The smallest absolute Gasteiger partial charge is 0.243 e. The molecule has 2 rings (SSSR count). The molecule has 1 saturated heterocycles. The van der Waals surface area contributed by atoms with Gasteiger partial charge in [0.1, 0.15) is 4.90 Å². The van der Waals surface area contributed by atoms with Crippen LogP contribution in [-0.4, -0.2) is 28.1 Å². The first-order chi connectivity index (χ1) is 9.50. The molecule has 0 spiro atoms. The molecule has 1 heterocycles. The number of piperidine rings is 1. The second-order valence-electron chi connectivity index (χ2n) is 4.95. The van der Waals surface area contributed by atoms with Crippen molar-refractivity contribution in [2.45, 2.75) is 24.2 Å². The molecule has 1 atom stereocenters. The van der Waals surface area contributed by atoms with Gasteiger partial charge in [0.25, 0.3) is 0 Å². The quantitative estimate of drug-likeness (QED) is 0.797. The summed E-state index contributed by atoms with van der Waals surface area (Å²) in [6.45, 7) is 2.29. The number of benzene rings is 1. The highest BCUT2D eigenvalue weighted by molar-refractivity contribution is 9.10. The van der Waals surface area contributed by atoms with Crippen LogP contribution in [0.4, 0.5) is 4.39 Å². The minimum atomic E-state index is -3.79. The molecule has 21 heavy (non-hydrogen) atoms. The minimum absolute atomic E-state index is 0. The Morgan fingerprint density at radius 1 is 1.43 bits per heavy atom. The summed E-state index contributed by atoms with van der Waals surface area (Å²) in [6.07, 6.45) is 3.00. The molecule has 0 aromatic heterocycles. The van der Waals surface area contributed by atoms with Crippen LogP contribution in [0, 0.1) is 11.7 Å². The van der Waals surface area contributed by atoms with Crippen molar-refractivity contribution in [2.24, 2.45) is 5.92 Å². The molecule has 1 aromatic carbocycles. The fourth-order valence-electron chi connectivity index (χ4n) is 2.34.